The van der Waals surface area contributed by atoms with Gasteiger partial charge in [-0.3, -0.25) is 0 Å². The molecule has 0 amide bonds. The van der Waals surface area contributed by atoms with Crippen molar-refractivity contribution in [1.82, 2.24) is 0 Å². The van der Waals surface area contributed by atoms with Crippen molar-refractivity contribution < 1.29 is 105 Å². The van der Waals surface area contributed by atoms with Crippen molar-refractivity contribution in [3.63, 3.8) is 0 Å². The predicted molar refractivity (Wildman–Crippen MR) is 153 cm³/mol. The monoisotopic (exact) mass is 887 g/mol. The number of halogens is 24. The van der Waals surface area contributed by atoms with E-state index in [2.05, 4.69) is 0 Å². The van der Waals surface area contributed by atoms with Gasteiger partial charge in [0.2, 0.25) is 0 Å². The van der Waals surface area contributed by atoms with Gasteiger partial charge >= 0.3 is 49.4 Å². The Morgan fingerprint density at radius 2 is 0.298 bits per heavy atom. The van der Waals surface area contributed by atoms with E-state index in [1.165, 1.54) is 0 Å². The van der Waals surface area contributed by atoms with Gasteiger partial charge in [-0.25, -0.2) is 0 Å². The minimum absolute atomic E-state index is 1.81. The van der Waals surface area contributed by atoms with Gasteiger partial charge in [-0.15, -0.1) is 0 Å². The number of hydrogen-bond acceptors (Lipinski definition) is 0. The third kappa shape index (κ3) is 10.6. The summed E-state index contributed by atoms with van der Waals surface area (Å²) in [6, 6.07) is 0. The summed E-state index contributed by atoms with van der Waals surface area (Å²) in [5.41, 5.74) is 0. The highest BCUT2D eigenvalue weighted by Crippen LogP contribution is 2.71. The summed E-state index contributed by atoms with van der Waals surface area (Å²) in [5.74, 6) is -37.1. The standard InChI is InChI=1S/C32H36BF24/c34-25(35,36)13-1-14(26(37,38)39)6-21(5-13)33(22-7-15(27(40,41)42)2-16(8-22)28(43,44)45,23-9-17(29(46,47)48)3-18(10-23)30(49,50)51)24-11-19(31(52,53)54)4-20(12-24)32(55,56)57/h13-24H,1-12H2/q-1. The van der Waals surface area contributed by atoms with Crippen LogP contribution in [0.5, 0.6) is 0 Å². The Morgan fingerprint density at radius 3 is 0.386 bits per heavy atom. The minimum atomic E-state index is -5.73. The maximum Gasteiger partial charge on any atom is 0.391 e. The van der Waals surface area contributed by atoms with E-state index in [0.29, 0.717) is 0 Å². The molecule has 4 aliphatic carbocycles. The topological polar surface area (TPSA) is 0 Å². The number of rotatable bonds is 4. The maximum absolute atomic E-state index is 14.4. The van der Waals surface area contributed by atoms with Crippen LogP contribution in [0.4, 0.5) is 105 Å². The molecular weight excluding hydrogens is 851 g/mol. The van der Waals surface area contributed by atoms with E-state index in [-0.39, 0.29) is 0 Å². The summed E-state index contributed by atoms with van der Waals surface area (Å²) in [7, 11) is 0. The Hall–Kier alpha value is -1.62. The van der Waals surface area contributed by atoms with E-state index in [9.17, 15) is 105 Å². The predicted octanol–water partition coefficient (Wildman–Crippen LogP) is 15.1. The number of alkyl halides is 24. The Balaban J connectivity index is 2.19. The van der Waals surface area contributed by atoms with Gasteiger partial charge in [0, 0.05) is 6.15 Å². The first-order valence-electron chi connectivity index (χ1n) is 18.0. The molecular formula is C32H36BF24-. The lowest BCUT2D eigenvalue weighted by Crippen LogP contribution is -2.61. The zero-order valence-electron chi connectivity index (χ0n) is 29.1. The smallest absolute Gasteiger partial charge is 0.171 e. The Bertz CT molecular complexity index is 1050. The third-order valence-corrected chi connectivity index (χ3v) is 13.9. The molecule has 4 saturated carbocycles. The van der Waals surface area contributed by atoms with Crippen molar-refractivity contribution in [2.24, 2.45) is 47.3 Å². The molecule has 0 aliphatic heterocycles. The first kappa shape index (κ1) is 48.1. The summed E-state index contributed by atoms with van der Waals surface area (Å²) in [4.78, 5) is 0. The quantitative estimate of drug-likeness (QED) is 0.195. The van der Waals surface area contributed by atoms with E-state index < -0.39 is 203 Å². The van der Waals surface area contributed by atoms with E-state index in [4.69, 9.17) is 0 Å². The van der Waals surface area contributed by atoms with Crippen LogP contribution in [0.25, 0.3) is 0 Å². The molecule has 25 heteroatoms. The molecule has 57 heavy (non-hydrogen) atoms. The highest BCUT2D eigenvalue weighted by atomic mass is 19.4. The van der Waals surface area contributed by atoms with Crippen LogP contribution in [0.3, 0.4) is 0 Å². The summed E-state index contributed by atoms with van der Waals surface area (Å²) in [5, 5.41) is 0. The van der Waals surface area contributed by atoms with Gasteiger partial charge in [0.15, 0.2) is 0 Å². The fourth-order valence-corrected chi connectivity index (χ4v) is 11.8. The van der Waals surface area contributed by atoms with Crippen molar-refractivity contribution in [2.45, 2.75) is 150 Å². The lowest BCUT2D eigenvalue weighted by molar-refractivity contribution is -0.224. The van der Waals surface area contributed by atoms with Crippen LogP contribution < -0.4 is 0 Å². The molecule has 336 valence electrons. The van der Waals surface area contributed by atoms with Crippen molar-refractivity contribution in [1.29, 1.82) is 0 Å². The molecule has 4 fully saturated rings. The lowest BCUT2D eigenvalue weighted by atomic mass is 9.00. The highest BCUT2D eigenvalue weighted by molar-refractivity contribution is 6.85. The van der Waals surface area contributed by atoms with E-state index in [1.54, 1.807) is 0 Å². The largest absolute Gasteiger partial charge is 0.391 e. The van der Waals surface area contributed by atoms with Gasteiger partial charge in [-0.2, -0.15) is 129 Å². The Kier molecular flexibility index (Phi) is 13.0. The van der Waals surface area contributed by atoms with Gasteiger partial charge in [0.1, 0.15) is 0 Å². The average molecular weight is 887 g/mol. The molecule has 4 rings (SSSR count). The SMILES string of the molecule is FC(F)(F)C1CC([B-](C2CC(C(F)(F)F)CC(C(F)(F)F)C2)(C2CC(C(F)(F)F)CC(C(F)(F)F)C2)C2CC(C(F)(F)F)CC(C(F)(F)F)C2)CC(C(F)(F)F)C1. The molecule has 0 N–H and O–H groups in total. The molecule has 8 atom stereocenters. The molecule has 0 bridgehead atoms. The Labute approximate surface area is 309 Å². The van der Waals surface area contributed by atoms with E-state index >= 15 is 0 Å². The first-order valence-corrected chi connectivity index (χ1v) is 18.0. The van der Waals surface area contributed by atoms with Crippen LogP contribution in [0.2, 0.25) is 23.3 Å². The molecule has 0 aromatic carbocycles. The molecule has 0 aromatic heterocycles. The zero-order valence-corrected chi connectivity index (χ0v) is 29.1. The van der Waals surface area contributed by atoms with E-state index in [1.807, 2.05) is 0 Å². The van der Waals surface area contributed by atoms with Crippen molar-refractivity contribution >= 4 is 6.15 Å². The highest BCUT2D eigenvalue weighted by Gasteiger charge is 2.65. The second kappa shape index (κ2) is 15.4. The minimum Gasteiger partial charge on any atom is -0.171 e. The van der Waals surface area contributed by atoms with Crippen LogP contribution in [0.15, 0.2) is 0 Å². The van der Waals surface area contributed by atoms with Gasteiger partial charge in [0.05, 0.1) is 47.3 Å². The van der Waals surface area contributed by atoms with Crippen molar-refractivity contribution in [3.05, 3.63) is 0 Å². The van der Waals surface area contributed by atoms with Crippen molar-refractivity contribution in [3.8, 4) is 0 Å². The fourth-order valence-electron chi connectivity index (χ4n) is 11.8. The molecule has 0 radical (unpaired) electrons. The fraction of sp³-hybridized carbons (Fsp3) is 1.00. The van der Waals surface area contributed by atoms with Crippen LogP contribution in [-0.2, 0) is 0 Å². The summed E-state index contributed by atoms with van der Waals surface area (Å²) in [6.07, 6.45) is -72.7. The second-order valence-electron chi connectivity index (χ2n) is 16.9. The molecule has 0 nitrogen and oxygen atoms in total. The third-order valence-electron chi connectivity index (χ3n) is 13.9. The Morgan fingerprint density at radius 1 is 0.193 bits per heavy atom. The first-order chi connectivity index (χ1) is 25.3. The maximum atomic E-state index is 14.4. The average Bonchev–Trinajstić information content (AvgIpc) is 3.01. The lowest BCUT2D eigenvalue weighted by Gasteiger charge is -2.68. The van der Waals surface area contributed by atoms with Gasteiger partial charge in [0.25, 0.3) is 0 Å². The van der Waals surface area contributed by atoms with Gasteiger partial charge in [-0.05, 0) is 25.7 Å². The van der Waals surface area contributed by atoms with E-state index in [0.717, 1.165) is 0 Å². The molecule has 8 unspecified atom stereocenters. The normalized spacial score (nSPS) is 37.5. The molecule has 0 saturated heterocycles. The van der Waals surface area contributed by atoms with Gasteiger partial charge < -0.3 is 0 Å². The molecule has 0 aromatic rings. The van der Waals surface area contributed by atoms with Crippen molar-refractivity contribution in [2.75, 3.05) is 0 Å². The molecule has 0 spiro atoms. The second-order valence-corrected chi connectivity index (χ2v) is 16.9. The van der Waals surface area contributed by atoms with Crippen LogP contribution >= 0.6 is 0 Å². The van der Waals surface area contributed by atoms with Crippen LogP contribution in [-0.4, -0.2) is 55.6 Å². The van der Waals surface area contributed by atoms with Crippen LogP contribution in [0.1, 0.15) is 77.0 Å². The van der Waals surface area contributed by atoms with Gasteiger partial charge in [-0.1, -0.05) is 51.4 Å². The summed E-state index contributed by atoms with van der Waals surface area (Å²) >= 11 is 0. The summed E-state index contributed by atoms with van der Waals surface area (Å²) in [6.45, 7) is 0. The molecule has 4 aliphatic rings. The zero-order chi connectivity index (χ0) is 43.9. The summed E-state index contributed by atoms with van der Waals surface area (Å²) < 4.78 is 347. The number of hydrogen-bond donors (Lipinski definition) is 0. The molecule has 0 heterocycles. The van der Waals surface area contributed by atoms with Crippen LogP contribution in [0, 0.1) is 47.3 Å².